The molecule has 28 heavy (non-hydrogen) atoms. The number of hydrogen-bond acceptors (Lipinski definition) is 6. The van der Waals surface area contributed by atoms with Crippen molar-refractivity contribution in [1.82, 2.24) is 14.5 Å². The third-order valence-corrected chi connectivity index (χ3v) is 5.67. The SMILES string of the molecule is O=c1nc(N2CC=C(c3ccc(F)cc3)C(O)C2)ncn1Cc1ccc(Cl)s1. The predicted molar refractivity (Wildman–Crippen MR) is 107 cm³/mol. The monoisotopic (exact) mass is 418 g/mol. The van der Waals surface area contributed by atoms with E-state index < -0.39 is 11.8 Å². The summed E-state index contributed by atoms with van der Waals surface area (Å²) in [6.45, 7) is 1.04. The number of benzene rings is 1. The van der Waals surface area contributed by atoms with Gasteiger partial charge in [-0.3, -0.25) is 4.57 Å². The van der Waals surface area contributed by atoms with Crippen molar-refractivity contribution in [2.24, 2.45) is 0 Å². The number of aromatic nitrogens is 3. The number of hydrogen-bond donors (Lipinski definition) is 1. The molecule has 0 aliphatic carbocycles. The number of rotatable bonds is 4. The van der Waals surface area contributed by atoms with Gasteiger partial charge in [0, 0.05) is 11.4 Å². The second kappa shape index (κ2) is 7.83. The average molecular weight is 419 g/mol. The molecule has 1 unspecified atom stereocenters. The molecule has 0 bridgehead atoms. The number of aliphatic hydroxyl groups excluding tert-OH is 1. The molecule has 0 amide bonds. The molecule has 0 saturated carbocycles. The van der Waals surface area contributed by atoms with Gasteiger partial charge in [-0.1, -0.05) is 29.8 Å². The molecule has 4 rings (SSSR count). The number of nitrogens with zero attached hydrogens (tertiary/aromatic N) is 4. The lowest BCUT2D eigenvalue weighted by molar-refractivity contribution is 0.233. The number of aliphatic hydroxyl groups is 1. The maximum Gasteiger partial charge on any atom is 0.352 e. The topological polar surface area (TPSA) is 71.2 Å². The summed E-state index contributed by atoms with van der Waals surface area (Å²) in [6.07, 6.45) is 2.49. The highest BCUT2D eigenvalue weighted by Crippen LogP contribution is 2.25. The third-order valence-electron chi connectivity index (χ3n) is 4.45. The Morgan fingerprint density at radius 3 is 2.68 bits per heavy atom. The van der Waals surface area contributed by atoms with Crippen LogP contribution in [0, 0.1) is 5.82 Å². The van der Waals surface area contributed by atoms with Gasteiger partial charge in [-0.05, 0) is 35.4 Å². The smallest absolute Gasteiger partial charge is 0.352 e. The first-order valence-corrected chi connectivity index (χ1v) is 9.76. The van der Waals surface area contributed by atoms with E-state index in [2.05, 4.69) is 9.97 Å². The molecule has 0 fully saturated rings. The summed E-state index contributed by atoms with van der Waals surface area (Å²) in [4.78, 5) is 23.3. The van der Waals surface area contributed by atoms with Gasteiger partial charge in [0.1, 0.15) is 12.1 Å². The Kier molecular flexibility index (Phi) is 5.25. The van der Waals surface area contributed by atoms with Gasteiger partial charge in [0.2, 0.25) is 5.95 Å². The molecule has 3 heterocycles. The van der Waals surface area contributed by atoms with Crippen LogP contribution in [0.4, 0.5) is 10.3 Å². The summed E-state index contributed by atoms with van der Waals surface area (Å²) in [6, 6.07) is 9.62. The molecule has 6 nitrogen and oxygen atoms in total. The number of anilines is 1. The second-order valence-corrected chi connectivity index (χ2v) is 8.16. The molecular weight excluding hydrogens is 403 g/mol. The number of β-amino-alcohol motifs (C(OH)–C–C–N with tert-alkyl or cyclic N) is 1. The Morgan fingerprint density at radius 2 is 2.04 bits per heavy atom. The number of thiophene rings is 1. The van der Waals surface area contributed by atoms with Crippen LogP contribution >= 0.6 is 22.9 Å². The lowest BCUT2D eigenvalue weighted by Crippen LogP contribution is -2.40. The fourth-order valence-electron chi connectivity index (χ4n) is 3.06. The van der Waals surface area contributed by atoms with Gasteiger partial charge >= 0.3 is 5.69 Å². The van der Waals surface area contributed by atoms with Crippen molar-refractivity contribution >= 4 is 34.5 Å². The van der Waals surface area contributed by atoms with Gasteiger partial charge < -0.3 is 10.0 Å². The summed E-state index contributed by atoms with van der Waals surface area (Å²) in [5, 5.41) is 10.5. The molecule has 0 spiro atoms. The van der Waals surface area contributed by atoms with Crippen molar-refractivity contribution in [1.29, 1.82) is 0 Å². The van der Waals surface area contributed by atoms with Crippen LogP contribution in [0.3, 0.4) is 0 Å². The van der Waals surface area contributed by atoms with E-state index in [1.54, 1.807) is 23.1 Å². The van der Waals surface area contributed by atoms with Gasteiger partial charge in [0.15, 0.2) is 0 Å². The van der Waals surface area contributed by atoms with E-state index in [0.29, 0.717) is 17.4 Å². The van der Waals surface area contributed by atoms with E-state index >= 15 is 0 Å². The number of halogens is 2. The Morgan fingerprint density at radius 1 is 1.25 bits per heavy atom. The van der Waals surface area contributed by atoms with Gasteiger partial charge in [0.25, 0.3) is 0 Å². The van der Waals surface area contributed by atoms with Crippen molar-refractivity contribution in [2.45, 2.75) is 12.6 Å². The largest absolute Gasteiger partial charge is 0.387 e. The fourth-order valence-corrected chi connectivity index (χ4v) is 4.14. The lowest BCUT2D eigenvalue weighted by Gasteiger charge is -2.30. The highest BCUT2D eigenvalue weighted by molar-refractivity contribution is 7.16. The highest BCUT2D eigenvalue weighted by atomic mass is 35.5. The van der Waals surface area contributed by atoms with E-state index in [-0.39, 0.29) is 18.3 Å². The normalized spacial score (nSPS) is 16.9. The molecule has 144 valence electrons. The zero-order valence-electron chi connectivity index (χ0n) is 14.6. The van der Waals surface area contributed by atoms with Crippen LogP contribution in [0.1, 0.15) is 10.4 Å². The molecule has 1 aliphatic heterocycles. The summed E-state index contributed by atoms with van der Waals surface area (Å²) in [5.41, 5.74) is 1.07. The van der Waals surface area contributed by atoms with Crippen molar-refractivity contribution in [3.8, 4) is 0 Å². The van der Waals surface area contributed by atoms with Crippen LogP contribution < -0.4 is 10.6 Å². The molecule has 0 saturated heterocycles. The quantitative estimate of drug-likeness (QED) is 0.705. The van der Waals surface area contributed by atoms with Crippen molar-refractivity contribution in [3.63, 3.8) is 0 Å². The minimum Gasteiger partial charge on any atom is -0.387 e. The Hall–Kier alpha value is -2.55. The summed E-state index contributed by atoms with van der Waals surface area (Å²) in [5.74, 6) is -0.0611. The first-order valence-electron chi connectivity index (χ1n) is 8.56. The van der Waals surface area contributed by atoms with Gasteiger partial charge in [-0.2, -0.15) is 4.98 Å². The minimum absolute atomic E-state index is 0.243. The van der Waals surface area contributed by atoms with E-state index in [9.17, 15) is 14.3 Å². The van der Waals surface area contributed by atoms with Crippen LogP contribution in [0.5, 0.6) is 0 Å². The molecule has 3 aromatic rings. The van der Waals surface area contributed by atoms with E-state index in [0.717, 1.165) is 16.0 Å². The van der Waals surface area contributed by atoms with Crippen LogP contribution in [-0.2, 0) is 6.54 Å². The second-order valence-electron chi connectivity index (χ2n) is 6.36. The van der Waals surface area contributed by atoms with Gasteiger partial charge in [-0.25, -0.2) is 14.2 Å². The lowest BCUT2D eigenvalue weighted by atomic mass is 9.97. The van der Waals surface area contributed by atoms with E-state index in [1.165, 1.54) is 34.4 Å². The minimum atomic E-state index is -0.793. The maximum atomic E-state index is 13.1. The molecule has 1 atom stereocenters. The summed E-state index contributed by atoms with van der Waals surface area (Å²) < 4.78 is 15.2. The zero-order valence-corrected chi connectivity index (χ0v) is 16.2. The Bertz CT molecular complexity index is 1080. The first kappa shape index (κ1) is 18.8. The maximum absolute atomic E-state index is 13.1. The van der Waals surface area contributed by atoms with Crippen molar-refractivity contribution in [3.05, 3.63) is 79.9 Å². The molecule has 1 N–H and O–H groups in total. The Labute approximate surface area is 169 Å². The van der Waals surface area contributed by atoms with Crippen LogP contribution in [0.25, 0.3) is 5.57 Å². The van der Waals surface area contributed by atoms with E-state index in [4.69, 9.17) is 11.6 Å². The van der Waals surface area contributed by atoms with Crippen LogP contribution in [0.2, 0.25) is 4.34 Å². The van der Waals surface area contributed by atoms with Gasteiger partial charge in [-0.15, -0.1) is 11.3 Å². The van der Waals surface area contributed by atoms with Gasteiger partial charge in [0.05, 0.1) is 23.5 Å². The highest BCUT2D eigenvalue weighted by Gasteiger charge is 2.23. The summed E-state index contributed by atoms with van der Waals surface area (Å²) in [7, 11) is 0. The fraction of sp³-hybridized carbons (Fsp3) is 0.211. The van der Waals surface area contributed by atoms with Crippen molar-refractivity contribution in [2.75, 3.05) is 18.0 Å². The molecule has 9 heteroatoms. The average Bonchev–Trinajstić information content (AvgIpc) is 3.09. The van der Waals surface area contributed by atoms with Crippen molar-refractivity contribution < 1.29 is 9.50 Å². The molecular formula is C19H16ClFN4O2S. The predicted octanol–water partition coefficient (Wildman–Crippen LogP) is 2.81. The Balaban J connectivity index is 1.51. The van der Waals surface area contributed by atoms with E-state index in [1.807, 2.05) is 12.1 Å². The molecule has 0 radical (unpaired) electrons. The summed E-state index contributed by atoms with van der Waals surface area (Å²) >= 11 is 7.31. The molecule has 2 aromatic heterocycles. The standard InChI is InChI=1S/C19H16ClFN4O2S/c20-17-6-5-14(28-17)9-25-11-22-18(23-19(25)27)24-8-7-15(16(26)10-24)12-1-3-13(21)4-2-12/h1-7,11,16,26H,8-10H2. The van der Waals surface area contributed by atoms with Crippen LogP contribution in [-0.4, -0.2) is 38.8 Å². The third kappa shape index (κ3) is 3.99. The molecule has 1 aromatic carbocycles. The van der Waals surface area contributed by atoms with Crippen LogP contribution in [0.15, 0.2) is 53.6 Å². The first-order chi connectivity index (χ1) is 13.5. The zero-order chi connectivity index (χ0) is 19.7. The molecule has 1 aliphatic rings.